The zero-order valence-electron chi connectivity index (χ0n) is 21.1. The van der Waals surface area contributed by atoms with Gasteiger partial charge < -0.3 is 4.98 Å². The maximum absolute atomic E-state index is 12.9. The molecule has 3 heterocycles. The average molecular weight is 473 g/mol. The first-order valence-corrected chi connectivity index (χ1v) is 12.1. The molecule has 0 bridgehead atoms. The predicted molar refractivity (Wildman–Crippen MR) is 138 cm³/mol. The van der Waals surface area contributed by atoms with Gasteiger partial charge in [0.05, 0.1) is 11.8 Å². The van der Waals surface area contributed by atoms with Crippen molar-refractivity contribution >= 4 is 11.2 Å². The lowest BCUT2D eigenvalue weighted by Crippen LogP contribution is -2.40. The Balaban J connectivity index is 1.62. The highest BCUT2D eigenvalue weighted by atomic mass is 16.2. The molecule has 0 radical (unpaired) electrons. The van der Waals surface area contributed by atoms with Crippen LogP contribution in [0.5, 0.6) is 0 Å². The topological polar surface area (TPSA) is 90.5 Å². The quantitative estimate of drug-likeness (QED) is 0.431. The smallest absolute Gasteiger partial charge is 0.332 e. The summed E-state index contributed by atoms with van der Waals surface area (Å²) < 4.78 is 4.60. The van der Waals surface area contributed by atoms with E-state index in [1.54, 1.807) is 15.4 Å². The highest BCUT2D eigenvalue weighted by Gasteiger charge is 2.18. The summed E-state index contributed by atoms with van der Waals surface area (Å²) in [5.41, 5.74) is 3.09. The lowest BCUT2D eigenvalue weighted by Gasteiger charge is -2.18. The second-order valence-electron chi connectivity index (χ2n) is 9.73. The molecule has 0 aliphatic heterocycles. The van der Waals surface area contributed by atoms with Crippen molar-refractivity contribution in [2.75, 3.05) is 0 Å². The highest BCUT2D eigenvalue weighted by Crippen LogP contribution is 2.22. The summed E-state index contributed by atoms with van der Waals surface area (Å²) in [7, 11) is 0. The van der Waals surface area contributed by atoms with Crippen molar-refractivity contribution < 1.29 is 0 Å². The molecule has 0 fully saturated rings. The van der Waals surface area contributed by atoms with Gasteiger partial charge >= 0.3 is 5.69 Å². The van der Waals surface area contributed by atoms with E-state index >= 15 is 0 Å². The van der Waals surface area contributed by atoms with E-state index in [2.05, 4.69) is 59.8 Å². The molecule has 1 aromatic carbocycles. The predicted octanol–water partition coefficient (Wildman–Crippen LogP) is 3.92. The first-order chi connectivity index (χ1) is 16.7. The number of rotatable bonds is 6. The van der Waals surface area contributed by atoms with Gasteiger partial charge in [-0.05, 0) is 36.0 Å². The largest absolute Gasteiger partial charge is 0.332 e. The van der Waals surface area contributed by atoms with E-state index in [1.807, 2.05) is 32.2 Å². The van der Waals surface area contributed by atoms with Crippen molar-refractivity contribution in [3.05, 3.63) is 68.6 Å². The van der Waals surface area contributed by atoms with E-state index in [0.717, 1.165) is 17.5 Å². The van der Waals surface area contributed by atoms with Gasteiger partial charge in [-0.2, -0.15) is 5.10 Å². The lowest BCUT2D eigenvalue weighted by atomic mass is 9.86. The van der Waals surface area contributed by atoms with Crippen LogP contribution in [0.25, 0.3) is 22.6 Å². The minimum Gasteiger partial charge on any atom is -0.332 e. The number of hydrogen-bond donors (Lipinski definition) is 1. The maximum atomic E-state index is 12.9. The van der Waals surface area contributed by atoms with Crippen LogP contribution in [0.15, 0.2) is 46.2 Å². The molecule has 0 aliphatic carbocycles. The number of fused-ring (bicyclic) bond motifs is 1. The SMILES string of the molecule is CCCn1c(=O)c2[nH]c(-c3cnn(CC#Cc4cccc(C(C)(C)C)c4)c3)nc2n(CCC)c1=O. The van der Waals surface area contributed by atoms with Crippen LogP contribution in [0.3, 0.4) is 0 Å². The van der Waals surface area contributed by atoms with Gasteiger partial charge in [0.15, 0.2) is 5.65 Å². The second kappa shape index (κ2) is 9.79. The van der Waals surface area contributed by atoms with Gasteiger partial charge in [-0.3, -0.25) is 18.6 Å². The van der Waals surface area contributed by atoms with Crippen LogP contribution < -0.4 is 11.2 Å². The second-order valence-corrected chi connectivity index (χ2v) is 9.73. The van der Waals surface area contributed by atoms with Crippen molar-refractivity contribution in [2.45, 2.75) is 72.5 Å². The minimum atomic E-state index is -0.339. The zero-order chi connectivity index (χ0) is 25.2. The Bertz CT molecular complexity index is 1530. The Morgan fingerprint density at radius 3 is 2.51 bits per heavy atom. The first kappa shape index (κ1) is 24.3. The highest BCUT2D eigenvalue weighted by molar-refractivity contribution is 5.75. The van der Waals surface area contributed by atoms with Gasteiger partial charge in [-0.1, -0.05) is 58.6 Å². The molecule has 0 atom stereocenters. The fraction of sp³-hybridized carbons (Fsp3) is 0.407. The molecule has 4 rings (SSSR count). The Labute approximate surface area is 204 Å². The van der Waals surface area contributed by atoms with Gasteiger partial charge in [-0.15, -0.1) is 0 Å². The van der Waals surface area contributed by atoms with E-state index in [1.165, 1.54) is 10.1 Å². The van der Waals surface area contributed by atoms with E-state index < -0.39 is 0 Å². The Morgan fingerprint density at radius 1 is 1.06 bits per heavy atom. The first-order valence-electron chi connectivity index (χ1n) is 12.1. The third kappa shape index (κ3) is 4.99. The van der Waals surface area contributed by atoms with Gasteiger partial charge in [-0.25, -0.2) is 9.78 Å². The number of hydrogen-bond acceptors (Lipinski definition) is 4. The van der Waals surface area contributed by atoms with Gasteiger partial charge in [0.25, 0.3) is 5.56 Å². The Morgan fingerprint density at radius 2 is 1.80 bits per heavy atom. The van der Waals surface area contributed by atoms with Crippen LogP contribution in [0.2, 0.25) is 0 Å². The summed E-state index contributed by atoms with van der Waals surface area (Å²) in [6.07, 6.45) is 4.98. The van der Waals surface area contributed by atoms with Crippen molar-refractivity contribution in [3.63, 3.8) is 0 Å². The fourth-order valence-corrected chi connectivity index (χ4v) is 4.01. The summed E-state index contributed by atoms with van der Waals surface area (Å²) in [5, 5.41) is 4.40. The molecule has 8 heteroatoms. The molecule has 0 spiro atoms. The molecule has 0 saturated carbocycles. The third-order valence-electron chi connectivity index (χ3n) is 5.86. The standard InChI is InChI=1S/C27H32N6O2/c1-6-13-32-24-22(25(34)33(14-7-2)26(32)35)29-23(30-24)20-17-28-31(18-20)15-9-11-19-10-8-12-21(16-19)27(3,4)5/h8,10,12,16-18H,6-7,13-15H2,1-5H3,(H,29,30). The molecular weight excluding hydrogens is 440 g/mol. The van der Waals surface area contributed by atoms with Crippen LogP contribution in [0, 0.1) is 11.8 Å². The van der Waals surface area contributed by atoms with Crippen molar-refractivity contribution in [3.8, 4) is 23.2 Å². The third-order valence-corrected chi connectivity index (χ3v) is 5.86. The Hall–Kier alpha value is -3.86. The molecule has 1 N–H and O–H groups in total. The number of nitrogens with one attached hydrogen (secondary N) is 1. The molecule has 0 unspecified atom stereocenters. The molecule has 0 aliphatic rings. The normalized spacial score (nSPS) is 11.6. The van der Waals surface area contributed by atoms with Gasteiger partial charge in [0, 0.05) is 24.8 Å². The van der Waals surface area contributed by atoms with Crippen molar-refractivity contribution in [1.29, 1.82) is 0 Å². The minimum absolute atomic E-state index is 0.0725. The van der Waals surface area contributed by atoms with Crippen molar-refractivity contribution in [1.82, 2.24) is 28.9 Å². The summed E-state index contributed by atoms with van der Waals surface area (Å²) in [5.74, 6) is 6.89. The molecule has 3 aromatic heterocycles. The van der Waals surface area contributed by atoms with Crippen LogP contribution in [-0.4, -0.2) is 28.9 Å². The van der Waals surface area contributed by atoms with Crippen molar-refractivity contribution in [2.24, 2.45) is 0 Å². The van der Waals surface area contributed by atoms with E-state index in [4.69, 9.17) is 0 Å². The van der Waals surface area contributed by atoms with E-state index in [9.17, 15) is 9.59 Å². The number of nitrogens with zero attached hydrogens (tertiary/aromatic N) is 5. The Kier molecular flexibility index (Phi) is 6.79. The molecule has 0 saturated heterocycles. The number of imidazole rings is 1. The van der Waals surface area contributed by atoms with Crippen LogP contribution >= 0.6 is 0 Å². The number of aromatic nitrogens is 6. The lowest BCUT2D eigenvalue weighted by molar-refractivity contribution is 0.555. The van der Waals surface area contributed by atoms with Gasteiger partial charge in [0.2, 0.25) is 0 Å². The number of aryl methyl sites for hydroxylation is 1. The maximum Gasteiger partial charge on any atom is 0.332 e. The number of benzene rings is 1. The molecule has 0 amide bonds. The molecular formula is C27H32N6O2. The van der Waals surface area contributed by atoms with Crippen LogP contribution in [0.1, 0.15) is 58.6 Å². The van der Waals surface area contributed by atoms with E-state index in [0.29, 0.717) is 43.0 Å². The van der Waals surface area contributed by atoms with E-state index in [-0.39, 0.29) is 16.7 Å². The monoisotopic (exact) mass is 472 g/mol. The fourth-order valence-electron chi connectivity index (χ4n) is 4.01. The summed E-state index contributed by atoms with van der Waals surface area (Å²) >= 11 is 0. The molecule has 182 valence electrons. The van der Waals surface area contributed by atoms with Crippen LogP contribution in [-0.2, 0) is 25.0 Å². The van der Waals surface area contributed by atoms with Gasteiger partial charge in [0.1, 0.15) is 17.9 Å². The molecule has 35 heavy (non-hydrogen) atoms. The molecule has 8 nitrogen and oxygen atoms in total. The summed E-state index contributed by atoms with van der Waals surface area (Å²) in [4.78, 5) is 33.6. The molecule has 4 aromatic rings. The number of aromatic amines is 1. The summed E-state index contributed by atoms with van der Waals surface area (Å²) in [6, 6.07) is 8.28. The number of H-pyrrole nitrogens is 1. The zero-order valence-corrected chi connectivity index (χ0v) is 21.1. The van der Waals surface area contributed by atoms with Crippen LogP contribution in [0.4, 0.5) is 0 Å². The summed E-state index contributed by atoms with van der Waals surface area (Å²) in [6.45, 7) is 11.8. The average Bonchev–Trinajstić information content (AvgIpc) is 3.47.